The predicted octanol–water partition coefficient (Wildman–Crippen LogP) is 11.3. The molecule has 0 fully saturated rings. The second-order valence-electron chi connectivity index (χ2n) is 13.0. The number of hydrogen-bond acceptors (Lipinski definition) is 3. The first-order valence-corrected chi connectivity index (χ1v) is 16.4. The topological polar surface area (TPSA) is 48.8 Å². The minimum absolute atomic E-state index is 0.319. The smallest absolute Gasteiger partial charge is 0.149 e. The highest BCUT2D eigenvalue weighted by Gasteiger charge is 2.26. The van der Waals surface area contributed by atoms with Gasteiger partial charge in [0.2, 0.25) is 0 Å². The van der Waals surface area contributed by atoms with Crippen LogP contribution in [0.5, 0.6) is 0 Å². The number of imidazole rings is 1. The molecule has 0 atom stereocenters. The van der Waals surface area contributed by atoms with Crippen LogP contribution in [-0.4, -0.2) is 19.1 Å². The third-order valence-corrected chi connectivity index (χ3v) is 9.59. The van der Waals surface area contributed by atoms with Gasteiger partial charge in [0.1, 0.15) is 22.5 Å². The minimum atomic E-state index is 0.319. The van der Waals surface area contributed by atoms with E-state index >= 15 is 0 Å². The monoisotopic (exact) mass is 610 g/mol. The van der Waals surface area contributed by atoms with Crippen molar-refractivity contribution in [3.05, 3.63) is 133 Å². The summed E-state index contributed by atoms with van der Waals surface area (Å²) in [6.45, 7) is 9.06. The number of nitrogens with zero attached hydrogens (tertiary/aromatic N) is 4. The molecule has 0 aliphatic rings. The Morgan fingerprint density at radius 2 is 1.23 bits per heavy atom. The summed E-state index contributed by atoms with van der Waals surface area (Å²) in [5.41, 5.74) is 11.7. The normalized spacial score (nSPS) is 12.2. The number of hydrogen-bond donors (Lipinski definition) is 0. The molecule has 4 heterocycles. The van der Waals surface area contributed by atoms with Crippen LogP contribution in [0, 0.1) is 0 Å². The van der Waals surface area contributed by atoms with Crippen molar-refractivity contribution in [3.8, 4) is 22.8 Å². The van der Waals surface area contributed by atoms with Gasteiger partial charge in [0.15, 0.2) is 0 Å². The van der Waals surface area contributed by atoms with Gasteiger partial charge in [0, 0.05) is 22.4 Å². The fourth-order valence-corrected chi connectivity index (χ4v) is 7.46. The molecule has 0 N–H and O–H groups in total. The lowest BCUT2D eigenvalue weighted by atomic mass is 9.92. The molecular weight excluding hydrogens is 576 g/mol. The van der Waals surface area contributed by atoms with Gasteiger partial charge in [-0.2, -0.15) is 0 Å². The van der Waals surface area contributed by atoms with E-state index in [1.54, 1.807) is 0 Å². The fourth-order valence-electron chi connectivity index (χ4n) is 7.46. The number of aromatic nitrogens is 4. The van der Waals surface area contributed by atoms with Gasteiger partial charge in [0.05, 0.1) is 45.1 Å². The Morgan fingerprint density at radius 3 is 1.91 bits per heavy atom. The zero-order chi connectivity index (χ0) is 31.8. The summed E-state index contributed by atoms with van der Waals surface area (Å²) in [5, 5.41) is 4.61. The van der Waals surface area contributed by atoms with E-state index in [9.17, 15) is 0 Å². The summed E-state index contributed by atoms with van der Waals surface area (Å²) in [7, 11) is 0. The van der Waals surface area contributed by atoms with Gasteiger partial charge < -0.3 is 8.98 Å². The van der Waals surface area contributed by atoms with E-state index in [-0.39, 0.29) is 0 Å². The first kappa shape index (κ1) is 27.6. The molecule has 0 unspecified atom stereocenters. The average Bonchev–Trinajstić information content (AvgIpc) is 3.77. The summed E-state index contributed by atoms with van der Waals surface area (Å²) in [6.07, 6.45) is 3.73. The van der Waals surface area contributed by atoms with Crippen LogP contribution in [0.4, 0.5) is 0 Å². The SMILES string of the molecule is CC(C)c1cccc(C(C)C)c1-n1c(-c2ccc(-n3c4ccccc4c4ccccc43)c3c2oc2ccccc23)nc2cnccc21. The molecule has 0 aliphatic heterocycles. The van der Waals surface area contributed by atoms with Crippen molar-refractivity contribution in [2.75, 3.05) is 0 Å². The fraction of sp³-hybridized carbons (Fsp3) is 0.143. The average molecular weight is 611 g/mol. The zero-order valence-corrected chi connectivity index (χ0v) is 26.9. The van der Waals surface area contributed by atoms with Crippen molar-refractivity contribution < 1.29 is 4.42 Å². The molecule has 5 aromatic carbocycles. The molecule has 9 aromatic rings. The predicted molar refractivity (Wildman–Crippen MR) is 194 cm³/mol. The highest BCUT2D eigenvalue weighted by atomic mass is 16.3. The molecule has 228 valence electrons. The number of fused-ring (bicyclic) bond motifs is 7. The lowest BCUT2D eigenvalue weighted by Gasteiger charge is -2.22. The summed E-state index contributed by atoms with van der Waals surface area (Å²) >= 11 is 0. The quantitative estimate of drug-likeness (QED) is 0.195. The molecule has 0 saturated heterocycles. The Bertz CT molecular complexity index is 2570. The lowest BCUT2D eigenvalue weighted by Crippen LogP contribution is -2.08. The minimum Gasteiger partial charge on any atom is -0.455 e. The highest BCUT2D eigenvalue weighted by Crippen LogP contribution is 2.44. The van der Waals surface area contributed by atoms with Crippen LogP contribution in [0.25, 0.3) is 77.5 Å². The van der Waals surface area contributed by atoms with Crippen molar-refractivity contribution in [3.63, 3.8) is 0 Å². The molecule has 47 heavy (non-hydrogen) atoms. The van der Waals surface area contributed by atoms with Gasteiger partial charge in [-0.1, -0.05) is 100 Å². The van der Waals surface area contributed by atoms with Crippen LogP contribution in [0.3, 0.4) is 0 Å². The van der Waals surface area contributed by atoms with Gasteiger partial charge in [-0.15, -0.1) is 0 Å². The van der Waals surface area contributed by atoms with Crippen LogP contribution in [0.1, 0.15) is 50.7 Å². The van der Waals surface area contributed by atoms with E-state index in [1.807, 2.05) is 18.5 Å². The van der Waals surface area contributed by atoms with E-state index in [0.29, 0.717) is 11.8 Å². The van der Waals surface area contributed by atoms with E-state index < -0.39 is 0 Å². The van der Waals surface area contributed by atoms with Gasteiger partial charge in [-0.3, -0.25) is 9.55 Å². The zero-order valence-electron chi connectivity index (χ0n) is 26.9. The van der Waals surface area contributed by atoms with Gasteiger partial charge >= 0.3 is 0 Å². The lowest BCUT2D eigenvalue weighted by molar-refractivity contribution is 0.669. The van der Waals surface area contributed by atoms with Crippen molar-refractivity contribution in [2.24, 2.45) is 0 Å². The number of para-hydroxylation sites is 4. The molecule has 0 bridgehead atoms. The molecule has 5 nitrogen and oxygen atoms in total. The number of pyridine rings is 1. The van der Waals surface area contributed by atoms with Gasteiger partial charge in [-0.25, -0.2) is 4.98 Å². The maximum absolute atomic E-state index is 6.86. The Morgan fingerprint density at radius 1 is 0.596 bits per heavy atom. The highest BCUT2D eigenvalue weighted by molar-refractivity contribution is 6.16. The maximum Gasteiger partial charge on any atom is 0.149 e. The summed E-state index contributed by atoms with van der Waals surface area (Å²) < 4.78 is 11.6. The Hall–Kier alpha value is -5.68. The molecule has 5 heteroatoms. The molecule has 0 saturated carbocycles. The van der Waals surface area contributed by atoms with Crippen molar-refractivity contribution in [1.82, 2.24) is 19.1 Å². The third-order valence-electron chi connectivity index (χ3n) is 9.59. The van der Waals surface area contributed by atoms with Crippen LogP contribution < -0.4 is 0 Å². The summed E-state index contributed by atoms with van der Waals surface area (Å²) in [5.74, 6) is 1.49. The van der Waals surface area contributed by atoms with E-state index in [1.165, 1.54) is 38.6 Å². The maximum atomic E-state index is 6.86. The van der Waals surface area contributed by atoms with Crippen LogP contribution in [0.2, 0.25) is 0 Å². The Balaban J connectivity index is 1.43. The first-order chi connectivity index (χ1) is 23.0. The number of furan rings is 1. The standard InChI is InChI=1S/C42H34N4O/c1-25(2)27-15-11-16-28(26(3)4)40(27)46-36-22-23-43-24-33(36)44-42(46)32-20-21-37(39-31-14-7-10-19-38(31)47-41(32)39)45-34-17-8-5-12-29(34)30-13-6-9-18-35(30)45/h5-26H,1-4H3. The van der Waals surface area contributed by atoms with E-state index in [4.69, 9.17) is 9.40 Å². The largest absolute Gasteiger partial charge is 0.455 e. The van der Waals surface area contributed by atoms with Crippen LogP contribution in [-0.2, 0) is 0 Å². The third kappa shape index (κ3) is 4.02. The van der Waals surface area contributed by atoms with Crippen molar-refractivity contribution in [1.29, 1.82) is 0 Å². The second kappa shape index (κ2) is 10.4. The molecule has 0 aliphatic carbocycles. The summed E-state index contributed by atoms with van der Waals surface area (Å²) in [4.78, 5) is 9.78. The Kier molecular flexibility index (Phi) is 6.13. The van der Waals surface area contributed by atoms with Gasteiger partial charge in [0.25, 0.3) is 0 Å². The van der Waals surface area contributed by atoms with Gasteiger partial charge in [-0.05, 0) is 59.4 Å². The molecular formula is C42H34N4O. The first-order valence-electron chi connectivity index (χ1n) is 16.4. The van der Waals surface area contributed by atoms with Crippen LogP contribution in [0.15, 0.2) is 126 Å². The molecule has 0 spiro atoms. The number of rotatable bonds is 5. The van der Waals surface area contributed by atoms with E-state index in [2.05, 4.69) is 145 Å². The van der Waals surface area contributed by atoms with Crippen molar-refractivity contribution in [2.45, 2.75) is 39.5 Å². The Labute approximate surface area is 272 Å². The molecule has 0 radical (unpaired) electrons. The molecule has 4 aromatic heterocycles. The van der Waals surface area contributed by atoms with Crippen molar-refractivity contribution >= 4 is 54.8 Å². The second-order valence-corrected chi connectivity index (χ2v) is 13.0. The number of benzene rings is 5. The molecule has 9 rings (SSSR count). The summed E-state index contributed by atoms with van der Waals surface area (Å²) in [6, 6.07) is 38.9. The molecule has 0 amide bonds. The van der Waals surface area contributed by atoms with Crippen LogP contribution >= 0.6 is 0 Å². The van der Waals surface area contributed by atoms with E-state index in [0.717, 1.165) is 50.0 Å².